The molecule has 4 heteroatoms. The van der Waals surface area contributed by atoms with Crippen LogP contribution in [0.4, 0.5) is 0 Å². The van der Waals surface area contributed by atoms with Crippen LogP contribution in [0.5, 0.6) is 0 Å². The van der Waals surface area contributed by atoms with Gasteiger partial charge < -0.3 is 4.74 Å². The van der Waals surface area contributed by atoms with Crippen LogP contribution >= 0.6 is 12.6 Å². The van der Waals surface area contributed by atoms with E-state index >= 15 is 0 Å². The van der Waals surface area contributed by atoms with Crippen molar-refractivity contribution in [2.24, 2.45) is 0 Å². The average Bonchev–Trinajstić information content (AvgIpc) is 2.39. The summed E-state index contributed by atoms with van der Waals surface area (Å²) in [6, 6.07) is 6.84. The Hall–Kier alpha value is -1.55. The Morgan fingerprint density at radius 2 is 1.94 bits per heavy atom. The minimum Gasteiger partial charge on any atom is -0.460 e. The lowest BCUT2D eigenvalue weighted by atomic mass is 10.1. The SMILES string of the molecule is CCOC(=O)C(=O)c1ccc(C=CCCS)cc1. The fraction of sp³-hybridized carbons (Fsp3) is 0.286. The van der Waals surface area contributed by atoms with E-state index in [0.717, 1.165) is 17.7 Å². The second kappa shape index (κ2) is 7.71. The summed E-state index contributed by atoms with van der Waals surface area (Å²) in [5.74, 6) is -0.616. The number of ether oxygens (including phenoxy) is 1. The van der Waals surface area contributed by atoms with Crippen molar-refractivity contribution in [1.29, 1.82) is 0 Å². The molecule has 18 heavy (non-hydrogen) atoms. The average molecular weight is 264 g/mol. The van der Waals surface area contributed by atoms with Crippen LogP contribution in [0.15, 0.2) is 30.3 Å². The monoisotopic (exact) mass is 264 g/mol. The quantitative estimate of drug-likeness (QED) is 0.372. The zero-order valence-electron chi connectivity index (χ0n) is 10.3. The summed E-state index contributed by atoms with van der Waals surface area (Å²) in [5, 5.41) is 0. The summed E-state index contributed by atoms with van der Waals surface area (Å²) in [6.45, 7) is 1.87. The fourth-order valence-corrected chi connectivity index (χ4v) is 1.50. The highest BCUT2D eigenvalue weighted by Gasteiger charge is 2.16. The van der Waals surface area contributed by atoms with Crippen molar-refractivity contribution in [3.05, 3.63) is 41.5 Å². The van der Waals surface area contributed by atoms with Gasteiger partial charge in [0.05, 0.1) is 6.61 Å². The molecule has 0 aliphatic rings. The molecule has 0 aromatic heterocycles. The van der Waals surface area contributed by atoms with Gasteiger partial charge in [-0.2, -0.15) is 12.6 Å². The summed E-state index contributed by atoms with van der Waals surface area (Å²) in [7, 11) is 0. The van der Waals surface area contributed by atoms with Crippen molar-refractivity contribution < 1.29 is 14.3 Å². The molecule has 0 atom stereocenters. The third kappa shape index (κ3) is 4.37. The van der Waals surface area contributed by atoms with Gasteiger partial charge in [0.25, 0.3) is 5.78 Å². The molecule has 0 aliphatic heterocycles. The van der Waals surface area contributed by atoms with E-state index in [-0.39, 0.29) is 6.61 Å². The first-order chi connectivity index (χ1) is 8.69. The van der Waals surface area contributed by atoms with Crippen LogP contribution in [-0.4, -0.2) is 24.1 Å². The summed E-state index contributed by atoms with van der Waals surface area (Å²) >= 11 is 4.11. The van der Waals surface area contributed by atoms with Crippen LogP contribution in [-0.2, 0) is 9.53 Å². The van der Waals surface area contributed by atoms with Gasteiger partial charge >= 0.3 is 5.97 Å². The normalized spacial score (nSPS) is 10.6. The highest BCUT2D eigenvalue weighted by Crippen LogP contribution is 2.08. The maximum atomic E-state index is 11.6. The second-order valence-corrected chi connectivity index (χ2v) is 4.03. The van der Waals surface area contributed by atoms with E-state index in [2.05, 4.69) is 17.4 Å². The predicted molar refractivity (Wildman–Crippen MR) is 74.9 cm³/mol. The highest BCUT2D eigenvalue weighted by atomic mass is 32.1. The fourth-order valence-electron chi connectivity index (χ4n) is 1.35. The molecule has 3 nitrogen and oxygen atoms in total. The molecule has 0 N–H and O–H groups in total. The number of thiol groups is 1. The molecule has 0 spiro atoms. The Kier molecular flexibility index (Phi) is 6.22. The Morgan fingerprint density at radius 1 is 1.28 bits per heavy atom. The Labute approximate surface area is 112 Å². The van der Waals surface area contributed by atoms with Gasteiger partial charge in [-0.25, -0.2) is 4.79 Å². The molecule has 1 aromatic carbocycles. The molecule has 0 radical (unpaired) electrons. The highest BCUT2D eigenvalue weighted by molar-refractivity contribution is 7.80. The second-order valence-electron chi connectivity index (χ2n) is 3.59. The first kappa shape index (κ1) is 14.5. The first-order valence-corrected chi connectivity index (χ1v) is 6.41. The molecule has 0 bridgehead atoms. The van der Waals surface area contributed by atoms with E-state index in [1.165, 1.54) is 0 Å². The van der Waals surface area contributed by atoms with Crippen molar-refractivity contribution in [3.63, 3.8) is 0 Å². The lowest BCUT2D eigenvalue weighted by Crippen LogP contribution is -2.17. The number of esters is 1. The van der Waals surface area contributed by atoms with E-state index in [1.807, 2.05) is 12.2 Å². The number of allylic oxidation sites excluding steroid dienone is 1. The van der Waals surface area contributed by atoms with Crippen LogP contribution in [0.2, 0.25) is 0 Å². The standard InChI is InChI=1S/C14H16O3S/c1-2-17-14(16)13(15)12-8-6-11(7-9-12)5-3-4-10-18/h3,5-9,18H,2,4,10H2,1H3. The molecule has 0 heterocycles. The summed E-state index contributed by atoms with van der Waals surface area (Å²) in [5.41, 5.74) is 1.33. The molecule has 0 saturated carbocycles. The molecular weight excluding hydrogens is 248 g/mol. The van der Waals surface area contributed by atoms with Gasteiger partial charge in [0.15, 0.2) is 0 Å². The van der Waals surface area contributed by atoms with E-state index in [1.54, 1.807) is 31.2 Å². The van der Waals surface area contributed by atoms with Crippen LogP contribution in [0.1, 0.15) is 29.3 Å². The number of ketones is 1. The van der Waals surface area contributed by atoms with E-state index in [4.69, 9.17) is 0 Å². The number of hydrogen-bond donors (Lipinski definition) is 1. The number of Topliss-reactive ketones (excluding diaryl/α,β-unsaturated/α-hetero) is 1. The molecule has 0 aliphatic carbocycles. The Morgan fingerprint density at radius 3 is 2.50 bits per heavy atom. The summed E-state index contributed by atoms with van der Waals surface area (Å²) in [6.07, 6.45) is 4.86. The van der Waals surface area contributed by atoms with Crippen molar-refractivity contribution >= 4 is 30.5 Å². The van der Waals surface area contributed by atoms with Crippen LogP contribution in [0.25, 0.3) is 6.08 Å². The van der Waals surface area contributed by atoms with Gasteiger partial charge in [-0.3, -0.25) is 4.79 Å². The summed E-state index contributed by atoms with van der Waals surface area (Å²) < 4.78 is 4.66. The van der Waals surface area contributed by atoms with E-state index in [9.17, 15) is 9.59 Å². The summed E-state index contributed by atoms with van der Waals surface area (Å²) in [4.78, 5) is 22.8. The zero-order valence-corrected chi connectivity index (χ0v) is 11.2. The Balaban J connectivity index is 2.70. The minimum absolute atomic E-state index is 0.203. The smallest absolute Gasteiger partial charge is 0.379 e. The minimum atomic E-state index is -0.809. The third-order valence-electron chi connectivity index (χ3n) is 2.24. The van der Waals surface area contributed by atoms with Crippen LogP contribution in [0.3, 0.4) is 0 Å². The van der Waals surface area contributed by atoms with Gasteiger partial charge in [-0.15, -0.1) is 0 Å². The van der Waals surface area contributed by atoms with Gasteiger partial charge in [-0.05, 0) is 24.7 Å². The van der Waals surface area contributed by atoms with Crippen LogP contribution < -0.4 is 0 Å². The topological polar surface area (TPSA) is 43.4 Å². The van der Waals surface area contributed by atoms with Crippen molar-refractivity contribution in [1.82, 2.24) is 0 Å². The number of hydrogen-bond acceptors (Lipinski definition) is 4. The lowest BCUT2D eigenvalue weighted by molar-refractivity contribution is -0.137. The molecular formula is C14H16O3S. The zero-order chi connectivity index (χ0) is 13.4. The number of carbonyl (C=O) groups is 2. The van der Waals surface area contributed by atoms with Crippen molar-refractivity contribution in [3.8, 4) is 0 Å². The van der Waals surface area contributed by atoms with Gasteiger partial charge in [-0.1, -0.05) is 36.4 Å². The van der Waals surface area contributed by atoms with Crippen LogP contribution in [0, 0.1) is 0 Å². The molecule has 0 saturated heterocycles. The lowest BCUT2D eigenvalue weighted by Gasteiger charge is -2.01. The van der Waals surface area contributed by atoms with Gasteiger partial charge in [0, 0.05) is 5.56 Å². The maximum Gasteiger partial charge on any atom is 0.379 e. The largest absolute Gasteiger partial charge is 0.460 e. The third-order valence-corrected chi connectivity index (χ3v) is 2.50. The molecule has 96 valence electrons. The number of carbonyl (C=O) groups excluding carboxylic acids is 2. The molecule has 0 unspecified atom stereocenters. The van der Waals surface area contributed by atoms with Crippen molar-refractivity contribution in [2.45, 2.75) is 13.3 Å². The predicted octanol–water partition coefficient (Wildman–Crippen LogP) is 2.77. The van der Waals surface area contributed by atoms with E-state index in [0.29, 0.717) is 5.56 Å². The van der Waals surface area contributed by atoms with Gasteiger partial charge in [0.1, 0.15) is 0 Å². The first-order valence-electron chi connectivity index (χ1n) is 5.78. The maximum absolute atomic E-state index is 11.6. The molecule has 1 rings (SSSR count). The van der Waals surface area contributed by atoms with Gasteiger partial charge in [0.2, 0.25) is 0 Å². The van der Waals surface area contributed by atoms with Crippen molar-refractivity contribution in [2.75, 3.05) is 12.4 Å². The number of benzene rings is 1. The molecule has 0 amide bonds. The number of rotatable bonds is 6. The van der Waals surface area contributed by atoms with E-state index < -0.39 is 11.8 Å². The Bertz CT molecular complexity index is 435. The molecule has 0 fully saturated rings. The molecule has 1 aromatic rings.